The minimum Gasteiger partial charge on any atom is -0.504 e. The summed E-state index contributed by atoms with van der Waals surface area (Å²) in [4.78, 5) is 13.1. The summed E-state index contributed by atoms with van der Waals surface area (Å²) < 4.78 is 40.1. The number of aliphatic hydroxyl groups is 7. The molecule has 3 aliphatic heterocycles. The van der Waals surface area contributed by atoms with E-state index >= 15 is 0 Å². The lowest BCUT2D eigenvalue weighted by Gasteiger charge is -2.47. The average Bonchev–Trinajstić information content (AvgIpc) is 3.42. The maximum atomic E-state index is 13.1. The van der Waals surface area contributed by atoms with E-state index in [2.05, 4.69) is 0 Å². The van der Waals surface area contributed by atoms with Crippen molar-refractivity contribution in [1.82, 2.24) is 0 Å². The number of ether oxygens (including phenoxy) is 7. The zero-order chi connectivity index (χ0) is 38.6. The minimum absolute atomic E-state index is 0.137. The van der Waals surface area contributed by atoms with Crippen LogP contribution in [0.15, 0.2) is 42.5 Å². The predicted octanol–water partition coefficient (Wildman–Crippen LogP) is -2.55. The molecule has 294 valence electrons. The van der Waals surface area contributed by atoms with E-state index in [1.165, 1.54) is 49.4 Å². The first-order chi connectivity index (χ1) is 25.1. The monoisotopic (exact) mass is 756 g/mol. The quantitative estimate of drug-likeness (QED) is 0.0569. The third-order valence-electron chi connectivity index (χ3n) is 9.12. The van der Waals surface area contributed by atoms with Crippen LogP contribution >= 0.6 is 0 Å². The van der Waals surface area contributed by atoms with Gasteiger partial charge in [-0.25, -0.2) is 4.79 Å². The normalized spacial score (nSPS) is 36.2. The molecule has 0 aromatic heterocycles. The number of carbonyl (C=O) groups is 1. The van der Waals surface area contributed by atoms with Crippen LogP contribution in [0.25, 0.3) is 6.08 Å². The van der Waals surface area contributed by atoms with E-state index in [1.54, 1.807) is 0 Å². The number of esters is 1. The third-order valence-corrected chi connectivity index (χ3v) is 9.12. The molecule has 3 aliphatic rings. The summed E-state index contributed by atoms with van der Waals surface area (Å²) in [6.07, 6.45) is -17.2. The lowest BCUT2D eigenvalue weighted by Crippen LogP contribution is -2.65. The van der Waals surface area contributed by atoms with E-state index < -0.39 is 111 Å². The first kappa shape index (κ1) is 40.5. The number of phenolic OH excluding ortho intramolecular Hbond substituents is 4. The number of hydrogen-bond donors (Lipinski definition) is 11. The molecule has 0 radical (unpaired) electrons. The highest BCUT2D eigenvalue weighted by Crippen LogP contribution is 2.35. The van der Waals surface area contributed by atoms with Crippen LogP contribution in [-0.4, -0.2) is 168 Å². The first-order valence-electron chi connectivity index (χ1n) is 16.6. The molecule has 0 aliphatic carbocycles. The molecule has 2 aromatic rings. The van der Waals surface area contributed by atoms with Gasteiger partial charge in [-0.05, 0) is 54.8 Å². The van der Waals surface area contributed by atoms with Gasteiger partial charge in [-0.3, -0.25) is 0 Å². The summed E-state index contributed by atoms with van der Waals surface area (Å²) in [6, 6.07) is 7.85. The molecule has 19 heteroatoms. The Kier molecular flexibility index (Phi) is 13.2. The van der Waals surface area contributed by atoms with Gasteiger partial charge in [0, 0.05) is 6.08 Å². The van der Waals surface area contributed by atoms with Crippen molar-refractivity contribution in [3.05, 3.63) is 53.6 Å². The largest absolute Gasteiger partial charge is 0.504 e. The van der Waals surface area contributed by atoms with Crippen molar-refractivity contribution in [2.75, 3.05) is 26.4 Å². The van der Waals surface area contributed by atoms with E-state index in [9.17, 15) is 61.0 Å². The lowest BCUT2D eigenvalue weighted by molar-refractivity contribution is -0.372. The summed E-state index contributed by atoms with van der Waals surface area (Å²) >= 11 is 0. The molecule has 3 fully saturated rings. The number of carbonyl (C=O) groups excluding carboxylic acids is 1. The molecule has 19 nitrogen and oxygen atoms in total. The van der Waals surface area contributed by atoms with Crippen LogP contribution in [-0.2, 0) is 44.4 Å². The summed E-state index contributed by atoms with van der Waals surface area (Å²) in [7, 11) is 0. The highest BCUT2D eigenvalue weighted by atomic mass is 16.8. The Morgan fingerprint density at radius 3 is 2.15 bits per heavy atom. The van der Waals surface area contributed by atoms with Crippen LogP contribution in [0, 0.1) is 0 Å². The Labute approximate surface area is 302 Å². The fourth-order valence-corrected chi connectivity index (χ4v) is 5.95. The predicted molar refractivity (Wildman–Crippen MR) is 174 cm³/mol. The molecule has 5 rings (SSSR count). The molecular formula is C34H44O19. The fraction of sp³-hybridized carbons (Fsp3) is 0.559. The highest BCUT2D eigenvalue weighted by molar-refractivity contribution is 5.87. The zero-order valence-corrected chi connectivity index (χ0v) is 28.3. The molecule has 0 spiro atoms. The van der Waals surface area contributed by atoms with Gasteiger partial charge in [-0.2, -0.15) is 0 Å². The molecule has 0 saturated carbocycles. The standard InChI is InChI=1S/C34H44O19/c1-15-24(42)25(43)29(53-33-30(45)34(46,13-36)14-48-33)32(49-15)52-28-26(44)31(47-9-8-17-3-6-19(38)21(40)11-17)50-22(12-35)27(28)51-23(41)7-4-16-2-5-18(37)20(39)10-16/h2-7,10-11,15,22,24-33,35-40,42-46H,8-9,12-14H2,1H3/t15-,22+,24-,25+,26+,27+,28+,29+,30-,31+,32-,33-,34+/m0/s1. The molecule has 2 aromatic carbocycles. The van der Waals surface area contributed by atoms with Crippen molar-refractivity contribution in [2.45, 2.75) is 92.8 Å². The van der Waals surface area contributed by atoms with E-state index in [4.69, 9.17) is 33.2 Å². The average molecular weight is 757 g/mol. The van der Waals surface area contributed by atoms with Crippen molar-refractivity contribution >= 4 is 12.0 Å². The molecule has 11 N–H and O–H groups in total. The van der Waals surface area contributed by atoms with Gasteiger partial charge in [0.15, 0.2) is 48.0 Å². The number of rotatable bonds is 13. The molecule has 53 heavy (non-hydrogen) atoms. The zero-order valence-electron chi connectivity index (χ0n) is 28.3. The van der Waals surface area contributed by atoms with Gasteiger partial charge in [-0.15, -0.1) is 0 Å². The maximum absolute atomic E-state index is 13.1. The molecule has 0 amide bonds. The van der Waals surface area contributed by atoms with Crippen LogP contribution in [0.2, 0.25) is 0 Å². The van der Waals surface area contributed by atoms with Gasteiger partial charge in [-0.1, -0.05) is 12.1 Å². The van der Waals surface area contributed by atoms with Gasteiger partial charge < -0.3 is 89.3 Å². The SMILES string of the molecule is C[C@@H]1O[C@@H](O[C@@H]2[C@@H](O)[C@H](OCCc3ccc(O)c(O)c3)O[C@H](CO)[C@H]2OC(=O)C=Cc2ccc(O)c(O)c2)[C@H](O[C@@H]2OC[C@](O)(CO)[C@H]2O)[C@H](O)[C@H]1O. The molecule has 0 bridgehead atoms. The Balaban J connectivity index is 1.40. The molecule has 13 atom stereocenters. The summed E-state index contributed by atoms with van der Waals surface area (Å²) in [5, 5.41) is 113. The topological polar surface area (TPSA) is 304 Å². The molecule has 3 saturated heterocycles. The minimum atomic E-state index is -2.12. The summed E-state index contributed by atoms with van der Waals surface area (Å²) in [5.74, 6) is -2.58. The summed E-state index contributed by atoms with van der Waals surface area (Å²) in [6.45, 7) is -1.02. The van der Waals surface area contributed by atoms with Crippen LogP contribution in [0.4, 0.5) is 0 Å². The van der Waals surface area contributed by atoms with E-state index in [1.807, 2.05) is 0 Å². The van der Waals surface area contributed by atoms with E-state index in [0.717, 1.165) is 6.08 Å². The number of benzene rings is 2. The Bertz CT molecular complexity index is 1570. The second-order valence-corrected chi connectivity index (χ2v) is 12.9. The Hall–Kier alpha value is -3.67. The van der Waals surface area contributed by atoms with Crippen molar-refractivity contribution < 1.29 is 94.1 Å². The number of phenols is 4. The van der Waals surface area contributed by atoms with Gasteiger partial charge in [0.05, 0.1) is 32.5 Å². The van der Waals surface area contributed by atoms with E-state index in [0.29, 0.717) is 11.1 Å². The van der Waals surface area contributed by atoms with E-state index in [-0.39, 0.29) is 30.3 Å². The Morgan fingerprint density at radius 1 is 0.830 bits per heavy atom. The summed E-state index contributed by atoms with van der Waals surface area (Å²) in [5.41, 5.74) is -1.28. The lowest BCUT2D eigenvalue weighted by atomic mass is 9.96. The number of aliphatic hydroxyl groups excluding tert-OH is 6. The molecule has 0 unspecified atom stereocenters. The fourth-order valence-electron chi connectivity index (χ4n) is 5.95. The number of hydrogen-bond acceptors (Lipinski definition) is 19. The molecule has 3 heterocycles. The van der Waals surface area contributed by atoms with Gasteiger partial charge in [0.25, 0.3) is 0 Å². The van der Waals surface area contributed by atoms with Crippen LogP contribution in [0.3, 0.4) is 0 Å². The van der Waals surface area contributed by atoms with Gasteiger partial charge in [0.1, 0.15) is 48.3 Å². The number of aromatic hydroxyl groups is 4. The highest BCUT2D eigenvalue weighted by Gasteiger charge is 2.55. The van der Waals surface area contributed by atoms with Crippen LogP contribution < -0.4 is 0 Å². The Morgan fingerprint density at radius 2 is 1.51 bits per heavy atom. The van der Waals surface area contributed by atoms with Crippen LogP contribution in [0.1, 0.15) is 18.1 Å². The van der Waals surface area contributed by atoms with Crippen LogP contribution in [0.5, 0.6) is 23.0 Å². The van der Waals surface area contributed by atoms with Gasteiger partial charge >= 0.3 is 5.97 Å². The van der Waals surface area contributed by atoms with Crippen molar-refractivity contribution in [2.24, 2.45) is 0 Å². The second kappa shape index (κ2) is 17.2. The second-order valence-electron chi connectivity index (χ2n) is 12.9. The first-order valence-corrected chi connectivity index (χ1v) is 16.6. The van der Waals surface area contributed by atoms with Crippen molar-refractivity contribution in [3.8, 4) is 23.0 Å². The smallest absolute Gasteiger partial charge is 0.331 e. The molecular weight excluding hydrogens is 712 g/mol. The van der Waals surface area contributed by atoms with Crippen molar-refractivity contribution in [1.29, 1.82) is 0 Å². The maximum Gasteiger partial charge on any atom is 0.331 e. The van der Waals surface area contributed by atoms with Gasteiger partial charge in [0.2, 0.25) is 0 Å². The third kappa shape index (κ3) is 9.18. The van der Waals surface area contributed by atoms with Crippen molar-refractivity contribution in [3.63, 3.8) is 0 Å².